The molecule has 0 aromatic rings. The molecule has 0 radical (unpaired) electrons. The van der Waals surface area contributed by atoms with Crippen molar-refractivity contribution in [2.75, 3.05) is 85.9 Å². The van der Waals surface area contributed by atoms with Gasteiger partial charge in [0.25, 0.3) is 0 Å². The number of rotatable bonds is 29. The number of aliphatic hydroxyl groups excluding tert-OH is 42. The molecule has 0 saturated carbocycles. The lowest BCUT2D eigenvalue weighted by Gasteiger charge is -2.45. The summed E-state index contributed by atoms with van der Waals surface area (Å²) in [5, 5.41) is 394. The summed E-state index contributed by atoms with van der Waals surface area (Å²) >= 11 is 0. The standard InChI is InChI=1S/4C12H22O11.2C6H12O6/c3*13-1-4-6(16)8(18)9(19)11(21-4)23-12(3-15)10(20)7(17)5(2-14)22-12;13-1-3-5(15)6(16)9(19)12(22-3)23-10-4(2-14)21-11(20)8(18)7(10)17;2*7-1-3(9)5(11)6(12)4(10)2-8/h3*4-11,13-20H,1-3H2;3-20H,1-2H2;2*1,3-6,8-12H,2H2/t3*4-,5-,6-,7-,8+,9-,10+,11-,12+;3-,4-,5-,6+,7-,8-,9-,10-,11-,12-;2*3-,4+,5+,6+/m111100/s1. The van der Waals surface area contributed by atoms with E-state index in [1.165, 1.54) is 0 Å². The molecule has 8 aliphatic rings. The molecule has 0 bridgehead atoms. The molecule has 42 N–H and O–H groups in total. The molecule has 688 valence electrons. The Labute approximate surface area is 652 Å². The molecule has 8 fully saturated rings. The minimum absolute atomic E-state index is 0.0258. The number of hydrogen-bond donors (Lipinski definition) is 42. The number of carbonyl (C=O) groups excluding carboxylic acids is 2. The number of carbonyl (C=O) groups is 2. The smallest absolute Gasteiger partial charge is 0.224 e. The van der Waals surface area contributed by atoms with Crippen molar-refractivity contribution < 1.29 is 281 Å². The third-order valence-corrected chi connectivity index (χ3v) is 19.0. The fourth-order valence-corrected chi connectivity index (χ4v) is 11.7. The SMILES string of the molecule is O=C[C@H](O)[C@@H](O)[C@H](O)[C@H](O)CO.O=C[C@H](O)[C@@H](O)[C@H](O)[C@H](O)CO.OC[C@H]1O[C@@](CO)(O[C@H]2O[C@H](CO)[C@@H](O)[C@H](O)[C@H]2O)[C@@H](O)[C@@H]1O.OC[C@H]1O[C@@](CO)(O[C@H]2O[C@H](CO)[C@@H](O)[C@H](O)[C@H]2O)[C@@H](O)[C@@H]1O.OC[C@H]1O[C@@](CO)(O[C@H]2O[C@H](CO)[C@@H](O)[C@H](O)[C@H]2O)[C@@H](O)[C@@H]1O.OC[C@H]1O[C@H](O[C@H]2[C@H](O)[C@@H](O)[C@H](O)O[C@@H]2CO)[C@H](O)[C@@H](O)[C@@H]1O. The van der Waals surface area contributed by atoms with Gasteiger partial charge in [-0.15, -0.1) is 0 Å². The average molecular weight is 1730 g/mol. The third kappa shape index (κ3) is 25.5. The Balaban J connectivity index is 0.000000367. The van der Waals surface area contributed by atoms with E-state index in [0.29, 0.717) is 0 Å². The maximum absolute atomic E-state index is 10.00. The lowest BCUT2D eigenvalue weighted by molar-refractivity contribution is -0.383. The van der Waals surface area contributed by atoms with Crippen molar-refractivity contribution in [3.8, 4) is 0 Å². The molecule has 8 rings (SSSR count). The Hall–Kier alpha value is -2.82. The maximum atomic E-state index is 10.00. The van der Waals surface area contributed by atoms with Gasteiger partial charge < -0.3 is 281 Å². The van der Waals surface area contributed by atoms with Crippen LogP contribution in [0.5, 0.6) is 0 Å². The van der Waals surface area contributed by atoms with Gasteiger partial charge in [-0.3, -0.25) is 0 Å². The lowest BCUT2D eigenvalue weighted by atomic mass is 9.97. The van der Waals surface area contributed by atoms with Crippen molar-refractivity contribution in [2.24, 2.45) is 0 Å². The molecule has 8 aliphatic heterocycles. The zero-order valence-electron chi connectivity index (χ0n) is 60.6. The van der Waals surface area contributed by atoms with E-state index in [2.05, 4.69) is 0 Å². The van der Waals surface area contributed by atoms with Crippen molar-refractivity contribution in [3.05, 3.63) is 0 Å². The van der Waals surface area contributed by atoms with Crippen LogP contribution in [0.1, 0.15) is 0 Å². The Bertz CT molecular complexity index is 2510. The average Bonchev–Trinajstić information content (AvgIpc) is 1.59. The minimum atomic E-state index is -2.22. The van der Waals surface area contributed by atoms with E-state index in [0.717, 1.165) is 0 Å². The van der Waals surface area contributed by atoms with Gasteiger partial charge in [0.05, 0.1) is 66.1 Å². The molecule has 45 atom stereocenters. The molecular weight excluding hydrogens is 1620 g/mol. The summed E-state index contributed by atoms with van der Waals surface area (Å²) in [6, 6.07) is 0. The topological polar surface area (TPSA) is 995 Å². The second kappa shape index (κ2) is 49.0. The highest BCUT2D eigenvalue weighted by molar-refractivity contribution is 5.57. The van der Waals surface area contributed by atoms with Crippen LogP contribution in [-0.4, -0.2) is 588 Å². The number of aliphatic hydroxyl groups is 42. The fraction of sp³-hybridized carbons (Fsp3) is 0.967. The highest BCUT2D eigenvalue weighted by atomic mass is 16.8. The normalized spacial score (nSPS) is 45.0. The summed E-state index contributed by atoms with van der Waals surface area (Å²) in [6.07, 6.45) is -67.2. The summed E-state index contributed by atoms with van der Waals surface area (Å²) in [7, 11) is 0. The second-order valence-electron chi connectivity index (χ2n) is 26.9. The molecule has 116 heavy (non-hydrogen) atoms. The molecule has 0 unspecified atom stereocenters. The fourth-order valence-electron chi connectivity index (χ4n) is 11.7. The van der Waals surface area contributed by atoms with Crippen LogP contribution < -0.4 is 0 Å². The van der Waals surface area contributed by atoms with Crippen LogP contribution in [0, 0.1) is 0 Å². The Morgan fingerprint density at radius 1 is 0.267 bits per heavy atom. The summed E-state index contributed by atoms with van der Waals surface area (Å²) in [5.41, 5.74) is 0. The molecule has 56 nitrogen and oxygen atoms in total. The van der Waals surface area contributed by atoms with Crippen LogP contribution in [0.25, 0.3) is 0 Å². The van der Waals surface area contributed by atoms with E-state index in [9.17, 15) is 137 Å². The van der Waals surface area contributed by atoms with Crippen molar-refractivity contribution >= 4 is 12.6 Å². The van der Waals surface area contributed by atoms with Gasteiger partial charge in [-0.2, -0.15) is 0 Å². The van der Waals surface area contributed by atoms with E-state index >= 15 is 0 Å². The van der Waals surface area contributed by atoms with Gasteiger partial charge in [-0.05, 0) is 0 Å². The molecule has 0 spiro atoms. The van der Waals surface area contributed by atoms with Crippen molar-refractivity contribution in [2.45, 2.75) is 275 Å². The highest BCUT2D eigenvalue weighted by Gasteiger charge is 2.62. The summed E-state index contributed by atoms with van der Waals surface area (Å²) in [6.45, 7) is -9.83. The van der Waals surface area contributed by atoms with Gasteiger partial charge in [-0.1, -0.05) is 0 Å². The van der Waals surface area contributed by atoms with Crippen LogP contribution in [0.3, 0.4) is 0 Å². The first-order valence-electron chi connectivity index (χ1n) is 34.9. The highest BCUT2D eigenvalue weighted by Crippen LogP contribution is 2.40. The van der Waals surface area contributed by atoms with Gasteiger partial charge in [0, 0.05) is 0 Å². The van der Waals surface area contributed by atoms with Crippen molar-refractivity contribution in [1.29, 1.82) is 0 Å². The first-order chi connectivity index (χ1) is 54.3. The molecular formula is C60H112O56. The van der Waals surface area contributed by atoms with Gasteiger partial charge in [-0.25, -0.2) is 0 Å². The molecule has 8 saturated heterocycles. The second-order valence-corrected chi connectivity index (χ2v) is 26.9. The van der Waals surface area contributed by atoms with Crippen LogP contribution in [0.4, 0.5) is 0 Å². The Kier molecular flexibility index (Phi) is 45.4. The van der Waals surface area contributed by atoms with Crippen LogP contribution in [0.2, 0.25) is 0 Å². The summed E-state index contributed by atoms with van der Waals surface area (Å²) in [4.78, 5) is 19.8. The molecule has 0 aromatic heterocycles. The number of ether oxygens (including phenoxy) is 12. The largest absolute Gasteiger partial charge is 0.394 e. The van der Waals surface area contributed by atoms with E-state index in [1.807, 2.05) is 0 Å². The van der Waals surface area contributed by atoms with Gasteiger partial charge in [0.2, 0.25) is 17.4 Å². The Morgan fingerprint density at radius 2 is 0.509 bits per heavy atom. The zero-order valence-corrected chi connectivity index (χ0v) is 60.6. The zero-order chi connectivity index (χ0) is 88.8. The monoisotopic (exact) mass is 1730 g/mol. The van der Waals surface area contributed by atoms with Crippen LogP contribution in [-0.2, 0) is 66.4 Å². The third-order valence-electron chi connectivity index (χ3n) is 19.0. The minimum Gasteiger partial charge on any atom is -0.394 e. The summed E-state index contributed by atoms with van der Waals surface area (Å²) in [5.74, 6) is -6.67. The van der Waals surface area contributed by atoms with E-state index in [1.54, 1.807) is 0 Å². The number of aldehydes is 2. The van der Waals surface area contributed by atoms with Crippen molar-refractivity contribution in [3.63, 3.8) is 0 Å². The summed E-state index contributed by atoms with van der Waals surface area (Å²) < 4.78 is 61.6. The van der Waals surface area contributed by atoms with Gasteiger partial charge in [0.1, 0.15) is 246 Å². The predicted molar refractivity (Wildman–Crippen MR) is 349 cm³/mol. The van der Waals surface area contributed by atoms with Crippen molar-refractivity contribution in [1.82, 2.24) is 0 Å². The van der Waals surface area contributed by atoms with E-state index < -0.39 is 361 Å². The van der Waals surface area contributed by atoms with E-state index in [-0.39, 0.29) is 12.6 Å². The molecule has 8 heterocycles. The van der Waals surface area contributed by atoms with Gasteiger partial charge >= 0.3 is 0 Å². The predicted octanol–water partition coefficient (Wildman–Crippen LogP) is -28.3. The molecule has 56 heteroatoms. The van der Waals surface area contributed by atoms with Gasteiger partial charge in [0.15, 0.2) is 44.0 Å². The number of hydrogen-bond acceptors (Lipinski definition) is 56. The van der Waals surface area contributed by atoms with Crippen LogP contribution in [0.15, 0.2) is 0 Å². The van der Waals surface area contributed by atoms with E-state index in [4.69, 9.17) is 144 Å². The lowest BCUT2D eigenvalue weighted by Crippen LogP contribution is -2.64. The Morgan fingerprint density at radius 3 is 0.724 bits per heavy atom. The molecule has 0 aromatic carbocycles. The molecule has 0 amide bonds. The quantitative estimate of drug-likeness (QED) is 0.0309. The molecule has 0 aliphatic carbocycles. The maximum Gasteiger partial charge on any atom is 0.224 e. The first-order valence-corrected chi connectivity index (χ1v) is 34.9. The van der Waals surface area contributed by atoms with Crippen LogP contribution >= 0.6 is 0 Å². The first kappa shape index (κ1) is 107.